The van der Waals surface area contributed by atoms with Gasteiger partial charge in [0.15, 0.2) is 0 Å². The lowest BCUT2D eigenvalue weighted by molar-refractivity contribution is -0.0359. The molecule has 100 valence electrons. The first-order valence-electron chi connectivity index (χ1n) is 7.08. The molecular formula is C14H28N2O. The van der Waals surface area contributed by atoms with Gasteiger partial charge in [-0.2, -0.15) is 0 Å². The molecule has 2 aliphatic heterocycles. The predicted molar refractivity (Wildman–Crippen MR) is 71.3 cm³/mol. The van der Waals surface area contributed by atoms with Gasteiger partial charge in [0, 0.05) is 37.3 Å². The van der Waals surface area contributed by atoms with E-state index in [1.54, 1.807) is 0 Å². The molecule has 2 heterocycles. The number of hydrogen-bond donors (Lipinski definition) is 1. The van der Waals surface area contributed by atoms with Gasteiger partial charge in [-0.3, -0.25) is 4.90 Å². The highest BCUT2D eigenvalue weighted by molar-refractivity contribution is 4.96. The van der Waals surface area contributed by atoms with Crippen molar-refractivity contribution < 1.29 is 4.74 Å². The average molecular weight is 240 g/mol. The molecule has 1 N–H and O–H groups in total. The van der Waals surface area contributed by atoms with Crippen molar-refractivity contribution in [2.75, 3.05) is 26.3 Å². The van der Waals surface area contributed by atoms with E-state index in [2.05, 4.69) is 37.9 Å². The lowest BCUT2D eigenvalue weighted by Gasteiger charge is -2.50. The van der Waals surface area contributed by atoms with E-state index in [1.165, 1.54) is 12.8 Å². The van der Waals surface area contributed by atoms with Gasteiger partial charge in [0.2, 0.25) is 0 Å². The van der Waals surface area contributed by atoms with E-state index < -0.39 is 0 Å². The summed E-state index contributed by atoms with van der Waals surface area (Å²) >= 11 is 0. The topological polar surface area (TPSA) is 24.5 Å². The molecule has 0 radical (unpaired) electrons. The molecule has 2 fully saturated rings. The van der Waals surface area contributed by atoms with Crippen LogP contribution in [-0.2, 0) is 4.74 Å². The molecule has 0 bridgehead atoms. The molecule has 2 atom stereocenters. The molecular weight excluding hydrogens is 212 g/mol. The molecule has 2 aliphatic rings. The highest BCUT2D eigenvalue weighted by Crippen LogP contribution is 2.25. The molecule has 17 heavy (non-hydrogen) atoms. The molecule has 3 heteroatoms. The van der Waals surface area contributed by atoms with Gasteiger partial charge in [-0.05, 0) is 32.6 Å². The fraction of sp³-hybridized carbons (Fsp3) is 1.00. The maximum atomic E-state index is 5.67. The summed E-state index contributed by atoms with van der Waals surface area (Å²) in [5.74, 6) is 0.709. The summed E-state index contributed by atoms with van der Waals surface area (Å²) in [6, 6.07) is 1.30. The van der Waals surface area contributed by atoms with Crippen molar-refractivity contribution in [1.82, 2.24) is 10.2 Å². The lowest BCUT2D eigenvalue weighted by atomic mass is 9.90. The van der Waals surface area contributed by atoms with Crippen molar-refractivity contribution in [3.63, 3.8) is 0 Å². The first-order chi connectivity index (χ1) is 7.99. The predicted octanol–water partition coefficient (Wildman–Crippen LogP) is 1.87. The number of piperazine rings is 1. The van der Waals surface area contributed by atoms with E-state index in [-0.39, 0.29) is 5.54 Å². The van der Waals surface area contributed by atoms with Crippen molar-refractivity contribution in [2.45, 2.75) is 58.2 Å². The van der Waals surface area contributed by atoms with Crippen LogP contribution in [0.25, 0.3) is 0 Å². The molecule has 0 aromatic heterocycles. The molecule has 3 nitrogen and oxygen atoms in total. The van der Waals surface area contributed by atoms with E-state index in [1.807, 2.05) is 0 Å². The zero-order chi connectivity index (χ0) is 12.5. The third-order valence-electron chi connectivity index (χ3n) is 4.17. The Morgan fingerprint density at radius 2 is 2.12 bits per heavy atom. The average Bonchev–Trinajstić information content (AvgIpc) is 2.28. The van der Waals surface area contributed by atoms with Crippen LogP contribution in [0.2, 0.25) is 0 Å². The van der Waals surface area contributed by atoms with Crippen LogP contribution in [-0.4, -0.2) is 48.8 Å². The van der Waals surface area contributed by atoms with Gasteiger partial charge in [-0.15, -0.1) is 0 Å². The van der Waals surface area contributed by atoms with E-state index in [4.69, 9.17) is 4.74 Å². The fourth-order valence-corrected chi connectivity index (χ4v) is 3.13. The van der Waals surface area contributed by atoms with Gasteiger partial charge < -0.3 is 10.1 Å². The van der Waals surface area contributed by atoms with E-state index in [9.17, 15) is 0 Å². The number of nitrogens with zero attached hydrogens (tertiary/aromatic N) is 1. The van der Waals surface area contributed by atoms with Gasteiger partial charge in [0.25, 0.3) is 0 Å². The molecule has 2 unspecified atom stereocenters. The number of rotatable bonds is 2. The van der Waals surface area contributed by atoms with Gasteiger partial charge >= 0.3 is 0 Å². The second-order valence-corrected chi connectivity index (χ2v) is 6.62. The minimum absolute atomic E-state index is 0.239. The van der Waals surface area contributed by atoms with Gasteiger partial charge in [0.05, 0.1) is 6.61 Å². The zero-order valence-corrected chi connectivity index (χ0v) is 11.8. The Labute approximate surface area is 106 Å². The summed E-state index contributed by atoms with van der Waals surface area (Å²) in [5.41, 5.74) is 0.239. The summed E-state index contributed by atoms with van der Waals surface area (Å²) in [7, 11) is 0. The van der Waals surface area contributed by atoms with Crippen LogP contribution < -0.4 is 5.32 Å². The van der Waals surface area contributed by atoms with E-state index >= 15 is 0 Å². The van der Waals surface area contributed by atoms with Crippen LogP contribution >= 0.6 is 0 Å². The Morgan fingerprint density at radius 3 is 2.71 bits per heavy atom. The Kier molecular flexibility index (Phi) is 4.11. The van der Waals surface area contributed by atoms with E-state index in [0.717, 1.165) is 26.3 Å². The Hall–Kier alpha value is -0.120. The minimum Gasteiger partial charge on any atom is -0.380 e. The maximum Gasteiger partial charge on any atom is 0.0621 e. The standard InChI is InChI=1S/C14H28N2O/c1-11(2)13-8-15-14(3,4)10-16(13)12-6-5-7-17-9-12/h11-13,15H,5-10H2,1-4H3. The summed E-state index contributed by atoms with van der Waals surface area (Å²) in [4.78, 5) is 2.71. The van der Waals surface area contributed by atoms with Crippen LogP contribution in [0.5, 0.6) is 0 Å². The van der Waals surface area contributed by atoms with Gasteiger partial charge in [0.1, 0.15) is 0 Å². The SMILES string of the molecule is CC(C)C1CNC(C)(C)CN1C1CCCOC1. The van der Waals surface area contributed by atoms with E-state index in [0.29, 0.717) is 18.0 Å². The summed E-state index contributed by atoms with van der Waals surface area (Å²) in [6.45, 7) is 13.4. The zero-order valence-electron chi connectivity index (χ0n) is 11.8. The van der Waals surface area contributed by atoms with Crippen molar-refractivity contribution in [3.05, 3.63) is 0 Å². The van der Waals surface area contributed by atoms with Crippen LogP contribution in [0.4, 0.5) is 0 Å². The third-order valence-corrected chi connectivity index (χ3v) is 4.17. The molecule has 0 aromatic rings. The molecule has 0 spiro atoms. The normalized spacial score (nSPS) is 35.1. The van der Waals surface area contributed by atoms with Crippen LogP contribution in [0.1, 0.15) is 40.5 Å². The largest absolute Gasteiger partial charge is 0.380 e. The summed E-state index contributed by atoms with van der Waals surface area (Å²) in [5, 5.41) is 3.68. The Bertz CT molecular complexity index is 247. The Balaban J connectivity index is 2.06. The molecule has 0 amide bonds. The Morgan fingerprint density at radius 1 is 1.35 bits per heavy atom. The van der Waals surface area contributed by atoms with Crippen LogP contribution in [0, 0.1) is 5.92 Å². The molecule has 0 saturated carbocycles. The first kappa shape index (κ1) is 13.3. The van der Waals surface area contributed by atoms with Crippen LogP contribution in [0.15, 0.2) is 0 Å². The van der Waals surface area contributed by atoms with Crippen molar-refractivity contribution >= 4 is 0 Å². The molecule has 2 saturated heterocycles. The van der Waals surface area contributed by atoms with Gasteiger partial charge in [-0.25, -0.2) is 0 Å². The smallest absolute Gasteiger partial charge is 0.0621 e. The number of hydrogen-bond acceptors (Lipinski definition) is 3. The molecule has 0 aromatic carbocycles. The molecule has 2 rings (SSSR count). The van der Waals surface area contributed by atoms with Crippen molar-refractivity contribution in [1.29, 1.82) is 0 Å². The van der Waals surface area contributed by atoms with Gasteiger partial charge in [-0.1, -0.05) is 13.8 Å². The van der Waals surface area contributed by atoms with Crippen LogP contribution in [0.3, 0.4) is 0 Å². The lowest BCUT2D eigenvalue weighted by Crippen LogP contribution is -2.66. The second-order valence-electron chi connectivity index (χ2n) is 6.62. The third kappa shape index (κ3) is 3.21. The highest BCUT2D eigenvalue weighted by atomic mass is 16.5. The molecule has 0 aliphatic carbocycles. The fourth-order valence-electron chi connectivity index (χ4n) is 3.13. The second kappa shape index (κ2) is 5.25. The maximum absolute atomic E-state index is 5.67. The minimum atomic E-state index is 0.239. The van der Waals surface area contributed by atoms with Crippen molar-refractivity contribution in [3.8, 4) is 0 Å². The summed E-state index contributed by atoms with van der Waals surface area (Å²) in [6.07, 6.45) is 2.53. The number of nitrogens with one attached hydrogen (secondary N) is 1. The summed E-state index contributed by atoms with van der Waals surface area (Å²) < 4.78 is 5.67. The number of ether oxygens (including phenoxy) is 1. The quantitative estimate of drug-likeness (QED) is 0.797. The first-order valence-corrected chi connectivity index (χ1v) is 7.08. The monoisotopic (exact) mass is 240 g/mol. The highest BCUT2D eigenvalue weighted by Gasteiger charge is 2.38. The van der Waals surface area contributed by atoms with Crippen molar-refractivity contribution in [2.24, 2.45) is 5.92 Å².